The van der Waals surface area contributed by atoms with Gasteiger partial charge in [0, 0.05) is 0 Å². The first-order chi connectivity index (χ1) is 10.4. The zero-order valence-electron chi connectivity index (χ0n) is 13.7. The van der Waals surface area contributed by atoms with Crippen molar-refractivity contribution in [1.82, 2.24) is 0 Å². The number of rotatable bonds is 0. The van der Waals surface area contributed by atoms with Crippen LogP contribution in [0.25, 0.3) is 0 Å². The van der Waals surface area contributed by atoms with Crippen molar-refractivity contribution >= 4 is 5.78 Å². The molecule has 22 heavy (non-hydrogen) atoms. The van der Waals surface area contributed by atoms with E-state index in [-0.39, 0.29) is 22.7 Å². The maximum Gasteiger partial charge on any atom is 0.184 e. The van der Waals surface area contributed by atoms with E-state index in [1.165, 1.54) is 5.57 Å². The molecule has 4 aliphatic rings. The molecular formula is C19H28O3. The Kier molecular flexibility index (Phi) is 3.16. The summed E-state index contributed by atoms with van der Waals surface area (Å²) in [4.78, 5) is 11.9. The number of hydrogen-bond acceptors (Lipinski definition) is 3. The average molecular weight is 304 g/mol. The highest BCUT2D eigenvalue weighted by Crippen LogP contribution is 2.65. The molecule has 0 aromatic carbocycles. The highest BCUT2D eigenvalue weighted by Gasteiger charge is 2.59. The van der Waals surface area contributed by atoms with E-state index in [1.54, 1.807) is 6.08 Å². The van der Waals surface area contributed by atoms with E-state index >= 15 is 0 Å². The summed E-state index contributed by atoms with van der Waals surface area (Å²) in [6, 6.07) is 0. The Hall–Kier alpha value is -0.670. The van der Waals surface area contributed by atoms with Crippen LogP contribution >= 0.6 is 0 Å². The van der Waals surface area contributed by atoms with Crippen LogP contribution in [-0.4, -0.2) is 28.2 Å². The molecule has 4 rings (SSSR count). The van der Waals surface area contributed by atoms with Crippen molar-refractivity contribution < 1.29 is 15.0 Å². The Morgan fingerprint density at radius 3 is 2.64 bits per heavy atom. The largest absolute Gasteiger partial charge is 0.393 e. The summed E-state index contributed by atoms with van der Waals surface area (Å²) in [6.45, 7) is 4.57. The minimum atomic E-state index is -0.810. The van der Waals surface area contributed by atoms with Gasteiger partial charge in [-0.3, -0.25) is 4.79 Å². The predicted molar refractivity (Wildman–Crippen MR) is 84.1 cm³/mol. The summed E-state index contributed by atoms with van der Waals surface area (Å²) < 4.78 is 0. The molecule has 0 aromatic rings. The van der Waals surface area contributed by atoms with Crippen LogP contribution in [0.2, 0.25) is 0 Å². The third-order valence-corrected chi connectivity index (χ3v) is 7.95. The lowest BCUT2D eigenvalue weighted by Gasteiger charge is -2.58. The quantitative estimate of drug-likeness (QED) is 0.723. The Morgan fingerprint density at radius 2 is 1.86 bits per heavy atom. The molecule has 3 saturated carbocycles. The van der Waals surface area contributed by atoms with E-state index in [0.29, 0.717) is 24.2 Å². The monoisotopic (exact) mass is 304 g/mol. The fourth-order valence-electron chi connectivity index (χ4n) is 6.59. The maximum atomic E-state index is 11.9. The Bertz CT molecular complexity index is 539. The van der Waals surface area contributed by atoms with Crippen molar-refractivity contribution in [1.29, 1.82) is 0 Å². The molecule has 122 valence electrons. The molecule has 2 N–H and O–H groups in total. The fourth-order valence-corrected chi connectivity index (χ4v) is 6.59. The normalized spacial score (nSPS) is 54.3. The van der Waals surface area contributed by atoms with Crippen LogP contribution < -0.4 is 0 Å². The number of ketones is 1. The molecule has 0 unspecified atom stereocenters. The van der Waals surface area contributed by atoms with Crippen LogP contribution in [0, 0.1) is 28.6 Å². The van der Waals surface area contributed by atoms with Gasteiger partial charge in [0.2, 0.25) is 0 Å². The highest BCUT2D eigenvalue weighted by atomic mass is 16.3. The van der Waals surface area contributed by atoms with Gasteiger partial charge in [-0.1, -0.05) is 19.4 Å². The lowest BCUT2D eigenvalue weighted by molar-refractivity contribution is -0.128. The molecule has 4 aliphatic carbocycles. The molecular weight excluding hydrogens is 276 g/mol. The van der Waals surface area contributed by atoms with Crippen molar-refractivity contribution in [2.24, 2.45) is 28.6 Å². The number of allylic oxidation sites excluding steroid dienone is 1. The van der Waals surface area contributed by atoms with Gasteiger partial charge in [0.15, 0.2) is 5.78 Å². The van der Waals surface area contributed by atoms with E-state index in [1.807, 2.05) is 0 Å². The molecule has 0 bridgehead atoms. The van der Waals surface area contributed by atoms with Crippen molar-refractivity contribution in [2.45, 2.75) is 71.0 Å². The summed E-state index contributed by atoms with van der Waals surface area (Å²) in [5, 5.41) is 20.6. The maximum absolute atomic E-state index is 11.9. The molecule has 3 heteroatoms. The minimum Gasteiger partial charge on any atom is -0.393 e. The van der Waals surface area contributed by atoms with Crippen molar-refractivity contribution in [3.8, 4) is 0 Å². The van der Waals surface area contributed by atoms with Gasteiger partial charge in [-0.15, -0.1) is 0 Å². The molecule has 0 aliphatic heterocycles. The van der Waals surface area contributed by atoms with Gasteiger partial charge in [0.25, 0.3) is 0 Å². The number of fused-ring (bicyclic) bond motifs is 5. The number of carbonyl (C=O) groups is 1. The standard InChI is InChI=1S/C19H28O3/c1-18-8-7-14-12(13(18)5-6-17(18)22)4-3-11-9-15(20)16(21)10-19(11,14)2/h9,12-14,16-17,21-22H,3-8,10H2,1-2H3/t12-,13+,14-,16+,17-,18-,19-/m0/s1. The predicted octanol–water partition coefficient (Wildman–Crippen LogP) is 2.85. The summed E-state index contributed by atoms with van der Waals surface area (Å²) in [7, 11) is 0. The third-order valence-electron chi connectivity index (χ3n) is 7.95. The van der Waals surface area contributed by atoms with Crippen LogP contribution in [0.1, 0.15) is 58.8 Å². The Labute approximate surface area is 132 Å². The second-order valence-electron chi connectivity index (χ2n) is 8.76. The number of aliphatic hydroxyl groups excluding tert-OH is 2. The minimum absolute atomic E-state index is 0.00881. The Morgan fingerprint density at radius 1 is 1.09 bits per heavy atom. The second-order valence-corrected chi connectivity index (χ2v) is 8.76. The molecule has 0 spiro atoms. The van der Waals surface area contributed by atoms with Crippen LogP contribution in [0.4, 0.5) is 0 Å². The van der Waals surface area contributed by atoms with Crippen molar-refractivity contribution in [2.75, 3.05) is 0 Å². The van der Waals surface area contributed by atoms with E-state index in [9.17, 15) is 15.0 Å². The van der Waals surface area contributed by atoms with E-state index in [2.05, 4.69) is 13.8 Å². The van der Waals surface area contributed by atoms with Gasteiger partial charge >= 0.3 is 0 Å². The highest BCUT2D eigenvalue weighted by molar-refractivity contribution is 5.95. The molecule has 3 nitrogen and oxygen atoms in total. The van der Waals surface area contributed by atoms with Gasteiger partial charge in [0.05, 0.1) is 6.10 Å². The topological polar surface area (TPSA) is 57.5 Å². The first-order valence-electron chi connectivity index (χ1n) is 8.97. The molecule has 3 fully saturated rings. The zero-order valence-corrected chi connectivity index (χ0v) is 13.7. The average Bonchev–Trinajstić information content (AvgIpc) is 2.77. The Balaban J connectivity index is 1.70. The van der Waals surface area contributed by atoms with Crippen LogP contribution in [0.5, 0.6) is 0 Å². The summed E-state index contributed by atoms with van der Waals surface area (Å²) in [5.41, 5.74) is 1.37. The van der Waals surface area contributed by atoms with E-state index in [0.717, 1.165) is 38.5 Å². The molecule has 7 atom stereocenters. The summed E-state index contributed by atoms with van der Waals surface area (Å²) >= 11 is 0. The van der Waals surface area contributed by atoms with Gasteiger partial charge in [0.1, 0.15) is 6.10 Å². The number of carbonyl (C=O) groups excluding carboxylic acids is 1. The van der Waals surface area contributed by atoms with E-state index in [4.69, 9.17) is 0 Å². The zero-order chi connectivity index (χ0) is 15.7. The first kappa shape index (κ1) is 14.9. The second kappa shape index (κ2) is 4.67. The van der Waals surface area contributed by atoms with Crippen LogP contribution in [0.3, 0.4) is 0 Å². The molecule has 0 saturated heterocycles. The van der Waals surface area contributed by atoms with E-state index < -0.39 is 6.10 Å². The molecule has 0 heterocycles. The van der Waals surface area contributed by atoms with Crippen molar-refractivity contribution in [3.05, 3.63) is 11.6 Å². The van der Waals surface area contributed by atoms with Crippen molar-refractivity contribution in [3.63, 3.8) is 0 Å². The number of hydrogen-bond donors (Lipinski definition) is 2. The van der Waals surface area contributed by atoms with Crippen LogP contribution in [0.15, 0.2) is 11.6 Å². The van der Waals surface area contributed by atoms with Gasteiger partial charge in [-0.2, -0.15) is 0 Å². The lowest BCUT2D eigenvalue weighted by Crippen LogP contribution is -2.52. The third kappa shape index (κ3) is 1.78. The summed E-state index contributed by atoms with van der Waals surface area (Å²) in [6.07, 6.45) is 7.88. The first-order valence-corrected chi connectivity index (χ1v) is 8.97. The van der Waals surface area contributed by atoms with Gasteiger partial charge in [-0.25, -0.2) is 0 Å². The SMILES string of the molecule is C[C@]12CC[C@H]3[C@@H](CCC4=CC(=O)[C@H](O)C[C@@]43C)[C@H]1CC[C@@H]2O. The smallest absolute Gasteiger partial charge is 0.184 e. The fraction of sp³-hybridized carbons (Fsp3) is 0.842. The summed E-state index contributed by atoms with van der Waals surface area (Å²) in [5.74, 6) is 1.74. The molecule has 0 amide bonds. The lowest BCUT2D eigenvalue weighted by atomic mass is 9.47. The van der Waals surface area contributed by atoms with Crippen LogP contribution in [-0.2, 0) is 4.79 Å². The molecule has 0 aromatic heterocycles. The number of aliphatic hydroxyl groups is 2. The van der Waals surface area contributed by atoms with Gasteiger partial charge < -0.3 is 10.2 Å². The van der Waals surface area contributed by atoms with Gasteiger partial charge in [-0.05, 0) is 79.6 Å². The molecule has 0 radical (unpaired) electrons.